The summed E-state index contributed by atoms with van der Waals surface area (Å²) in [7, 11) is 0. The van der Waals surface area contributed by atoms with Crippen molar-refractivity contribution >= 4 is 28.3 Å². The van der Waals surface area contributed by atoms with Crippen LogP contribution in [0, 0.1) is 0 Å². The first-order chi connectivity index (χ1) is 7.33. The van der Waals surface area contributed by atoms with E-state index in [4.69, 9.17) is 11.6 Å². The van der Waals surface area contributed by atoms with Gasteiger partial charge in [-0.2, -0.15) is 4.37 Å². The highest BCUT2D eigenvalue weighted by atomic mass is 35.5. The van der Waals surface area contributed by atoms with Crippen LogP contribution in [0.2, 0.25) is 0 Å². The predicted octanol–water partition coefficient (Wildman–Crippen LogP) is 2.62. The highest BCUT2D eigenvalue weighted by molar-refractivity contribution is 7.09. The second kappa shape index (κ2) is 3.91. The lowest BCUT2D eigenvalue weighted by atomic mass is 10.1. The molecule has 1 aliphatic carbocycles. The van der Waals surface area contributed by atoms with Gasteiger partial charge in [-0.1, -0.05) is 0 Å². The maximum Gasteiger partial charge on any atom is 0.205 e. The molecule has 2 heterocycles. The highest BCUT2D eigenvalue weighted by Gasteiger charge is 2.29. The van der Waals surface area contributed by atoms with Crippen molar-refractivity contribution in [2.45, 2.75) is 37.0 Å². The minimum atomic E-state index is 0.358. The van der Waals surface area contributed by atoms with Gasteiger partial charge in [0, 0.05) is 35.9 Å². The van der Waals surface area contributed by atoms with Crippen LogP contribution in [0.3, 0.4) is 0 Å². The average Bonchev–Trinajstić information content (AvgIpc) is 2.99. The van der Waals surface area contributed by atoms with Crippen LogP contribution in [0.25, 0.3) is 0 Å². The smallest absolute Gasteiger partial charge is 0.205 e. The van der Waals surface area contributed by atoms with Crippen LogP contribution in [0.4, 0.5) is 5.13 Å². The van der Waals surface area contributed by atoms with E-state index in [1.165, 1.54) is 12.8 Å². The van der Waals surface area contributed by atoms with E-state index in [9.17, 15) is 0 Å². The summed E-state index contributed by atoms with van der Waals surface area (Å²) in [6.45, 7) is 2.07. The number of aromatic nitrogens is 2. The van der Waals surface area contributed by atoms with Crippen LogP contribution in [0.5, 0.6) is 0 Å². The van der Waals surface area contributed by atoms with Gasteiger partial charge in [0.15, 0.2) is 0 Å². The fraction of sp³-hybridized carbons (Fsp3) is 0.800. The maximum absolute atomic E-state index is 6.08. The Balaban J connectivity index is 1.69. The second-order valence-electron chi connectivity index (χ2n) is 4.37. The van der Waals surface area contributed by atoms with Gasteiger partial charge in [0.25, 0.3) is 0 Å². The number of alkyl halides is 1. The van der Waals surface area contributed by atoms with Crippen LogP contribution in [-0.2, 0) is 0 Å². The number of nitrogens with zero attached hydrogens (tertiary/aromatic N) is 3. The Hall–Kier alpha value is -0.350. The molecule has 0 spiro atoms. The molecule has 3 rings (SSSR count). The van der Waals surface area contributed by atoms with Gasteiger partial charge in [0.1, 0.15) is 5.82 Å². The van der Waals surface area contributed by atoms with Crippen molar-refractivity contribution < 1.29 is 0 Å². The number of halogens is 1. The first-order valence-corrected chi connectivity index (χ1v) is 6.76. The third-order valence-corrected chi connectivity index (χ3v) is 4.30. The average molecular weight is 244 g/mol. The first kappa shape index (κ1) is 9.85. The molecular formula is C10H14ClN3S. The standard InChI is InChI=1S/C10H14ClN3S/c11-8-3-5-14(6-4-8)10-12-9(13-15-10)7-1-2-7/h7-8H,1-6H2. The van der Waals surface area contributed by atoms with E-state index in [2.05, 4.69) is 14.3 Å². The molecule has 2 aliphatic rings. The van der Waals surface area contributed by atoms with E-state index in [-0.39, 0.29) is 0 Å². The van der Waals surface area contributed by atoms with E-state index in [1.54, 1.807) is 11.5 Å². The first-order valence-electron chi connectivity index (χ1n) is 5.55. The van der Waals surface area contributed by atoms with Gasteiger partial charge in [-0.15, -0.1) is 11.6 Å². The zero-order chi connectivity index (χ0) is 10.3. The summed E-state index contributed by atoms with van der Waals surface area (Å²) in [6.07, 6.45) is 4.69. The molecule has 1 saturated carbocycles. The van der Waals surface area contributed by atoms with Crippen molar-refractivity contribution in [3.63, 3.8) is 0 Å². The molecule has 82 valence electrons. The molecule has 0 bridgehead atoms. The van der Waals surface area contributed by atoms with Crippen LogP contribution in [0.1, 0.15) is 37.4 Å². The molecule has 0 radical (unpaired) electrons. The molecule has 15 heavy (non-hydrogen) atoms. The Bertz CT molecular complexity index is 342. The minimum Gasteiger partial charge on any atom is -0.347 e. The molecule has 1 aromatic rings. The van der Waals surface area contributed by atoms with E-state index in [0.29, 0.717) is 11.3 Å². The second-order valence-corrected chi connectivity index (χ2v) is 5.72. The Morgan fingerprint density at radius 3 is 2.60 bits per heavy atom. The van der Waals surface area contributed by atoms with Crippen LogP contribution in [-0.4, -0.2) is 27.8 Å². The van der Waals surface area contributed by atoms with E-state index >= 15 is 0 Å². The lowest BCUT2D eigenvalue weighted by molar-refractivity contribution is 0.583. The number of rotatable bonds is 2. The van der Waals surface area contributed by atoms with E-state index in [0.717, 1.165) is 36.9 Å². The number of hydrogen-bond acceptors (Lipinski definition) is 4. The summed E-state index contributed by atoms with van der Waals surface area (Å²) in [4.78, 5) is 6.93. The third-order valence-electron chi connectivity index (χ3n) is 3.07. The van der Waals surface area contributed by atoms with Crippen molar-refractivity contribution in [1.29, 1.82) is 0 Å². The molecule has 0 unspecified atom stereocenters. The summed E-state index contributed by atoms with van der Waals surface area (Å²) in [5.74, 6) is 1.74. The molecular weight excluding hydrogens is 230 g/mol. The fourth-order valence-corrected chi connectivity index (χ4v) is 2.89. The normalized spacial score (nSPS) is 23.4. The minimum absolute atomic E-state index is 0.358. The van der Waals surface area contributed by atoms with Gasteiger partial charge in [0.05, 0.1) is 0 Å². The SMILES string of the molecule is ClC1CCN(c2nc(C3CC3)ns2)CC1. The molecule has 0 atom stereocenters. The quantitative estimate of drug-likeness (QED) is 0.748. The van der Waals surface area contributed by atoms with Crippen LogP contribution < -0.4 is 4.90 Å². The molecule has 5 heteroatoms. The Morgan fingerprint density at radius 2 is 1.93 bits per heavy atom. The molecule has 0 N–H and O–H groups in total. The van der Waals surface area contributed by atoms with Gasteiger partial charge in [-0.3, -0.25) is 0 Å². The summed E-state index contributed by atoms with van der Waals surface area (Å²) >= 11 is 7.62. The highest BCUT2D eigenvalue weighted by Crippen LogP contribution is 2.40. The molecule has 2 fully saturated rings. The summed E-state index contributed by atoms with van der Waals surface area (Å²) < 4.78 is 4.43. The number of anilines is 1. The third kappa shape index (κ3) is 2.11. The Kier molecular flexibility index (Phi) is 2.56. The fourth-order valence-electron chi connectivity index (χ4n) is 1.90. The summed E-state index contributed by atoms with van der Waals surface area (Å²) in [6, 6.07) is 0. The van der Waals surface area contributed by atoms with E-state index in [1.807, 2.05) is 0 Å². The zero-order valence-electron chi connectivity index (χ0n) is 8.53. The van der Waals surface area contributed by atoms with Gasteiger partial charge >= 0.3 is 0 Å². The van der Waals surface area contributed by atoms with Crippen molar-refractivity contribution in [3.8, 4) is 0 Å². The Labute approximate surface area is 98.6 Å². The van der Waals surface area contributed by atoms with Gasteiger partial charge in [-0.05, 0) is 25.7 Å². The number of hydrogen-bond donors (Lipinski definition) is 0. The topological polar surface area (TPSA) is 29.0 Å². The van der Waals surface area contributed by atoms with E-state index < -0.39 is 0 Å². The van der Waals surface area contributed by atoms with Gasteiger partial charge < -0.3 is 4.90 Å². The molecule has 1 saturated heterocycles. The maximum atomic E-state index is 6.08. The molecule has 0 aromatic carbocycles. The Morgan fingerprint density at radius 1 is 1.20 bits per heavy atom. The molecule has 3 nitrogen and oxygen atoms in total. The van der Waals surface area contributed by atoms with Crippen LogP contribution in [0.15, 0.2) is 0 Å². The van der Waals surface area contributed by atoms with Crippen molar-refractivity contribution in [2.75, 3.05) is 18.0 Å². The lowest BCUT2D eigenvalue weighted by Crippen LogP contribution is -2.33. The van der Waals surface area contributed by atoms with Crippen LogP contribution >= 0.6 is 23.1 Å². The molecule has 1 aromatic heterocycles. The monoisotopic (exact) mass is 243 g/mol. The summed E-state index contributed by atoms with van der Waals surface area (Å²) in [5, 5.41) is 1.46. The van der Waals surface area contributed by atoms with Crippen molar-refractivity contribution in [1.82, 2.24) is 9.36 Å². The van der Waals surface area contributed by atoms with Gasteiger partial charge in [-0.25, -0.2) is 4.98 Å². The predicted molar refractivity (Wildman–Crippen MR) is 63.0 cm³/mol. The zero-order valence-corrected chi connectivity index (χ0v) is 10.1. The molecule has 1 aliphatic heterocycles. The summed E-state index contributed by atoms with van der Waals surface area (Å²) in [5.41, 5.74) is 0. The largest absolute Gasteiger partial charge is 0.347 e. The number of piperidine rings is 1. The van der Waals surface area contributed by atoms with Crippen molar-refractivity contribution in [2.24, 2.45) is 0 Å². The lowest BCUT2D eigenvalue weighted by Gasteiger charge is -2.28. The van der Waals surface area contributed by atoms with Crippen molar-refractivity contribution in [3.05, 3.63) is 5.82 Å². The van der Waals surface area contributed by atoms with Gasteiger partial charge in [0.2, 0.25) is 5.13 Å². The molecule has 0 amide bonds.